The number of benzene rings is 2. The van der Waals surface area contributed by atoms with E-state index in [9.17, 15) is 18.0 Å². The molecule has 2 aromatic carbocycles. The largest absolute Gasteiger partial charge is 0.497 e. The number of anilines is 1. The minimum absolute atomic E-state index is 0.122. The van der Waals surface area contributed by atoms with E-state index in [0.29, 0.717) is 25.3 Å². The molecule has 32 heavy (non-hydrogen) atoms. The Morgan fingerprint density at radius 3 is 2.53 bits per heavy atom. The van der Waals surface area contributed by atoms with Crippen LogP contribution >= 0.6 is 0 Å². The molecule has 4 rings (SSSR count). The second-order valence-corrected chi connectivity index (χ2v) is 9.57. The van der Waals surface area contributed by atoms with E-state index in [0.717, 1.165) is 24.2 Å². The first-order valence-electron chi connectivity index (χ1n) is 10.4. The van der Waals surface area contributed by atoms with E-state index >= 15 is 0 Å². The molecule has 1 fully saturated rings. The number of fused-ring (bicyclic) bond motifs is 1. The number of hydrogen-bond donors (Lipinski definition) is 1. The van der Waals surface area contributed by atoms with Crippen LogP contribution in [0, 0.1) is 0 Å². The van der Waals surface area contributed by atoms with Crippen LogP contribution in [-0.2, 0) is 26.2 Å². The summed E-state index contributed by atoms with van der Waals surface area (Å²) in [6.07, 6.45) is 1.68. The van der Waals surface area contributed by atoms with Crippen molar-refractivity contribution in [2.24, 2.45) is 0 Å². The lowest BCUT2D eigenvalue weighted by Crippen LogP contribution is -2.45. The topological polar surface area (TPSA) is 105 Å². The number of amides is 2. The summed E-state index contributed by atoms with van der Waals surface area (Å²) >= 11 is 0. The maximum Gasteiger partial charge on any atom is 0.265 e. The Morgan fingerprint density at radius 2 is 1.84 bits per heavy atom. The van der Waals surface area contributed by atoms with Crippen LogP contribution in [0.15, 0.2) is 47.4 Å². The zero-order valence-corrected chi connectivity index (χ0v) is 18.6. The fourth-order valence-electron chi connectivity index (χ4n) is 3.74. The van der Waals surface area contributed by atoms with E-state index < -0.39 is 10.0 Å². The highest BCUT2D eigenvalue weighted by molar-refractivity contribution is 7.89. The van der Waals surface area contributed by atoms with Gasteiger partial charge < -0.3 is 14.8 Å². The first kappa shape index (κ1) is 22.1. The van der Waals surface area contributed by atoms with Crippen molar-refractivity contribution in [3.8, 4) is 11.5 Å². The predicted octanol–water partition coefficient (Wildman–Crippen LogP) is 1.52. The third-order valence-corrected chi connectivity index (χ3v) is 7.42. The van der Waals surface area contributed by atoms with Gasteiger partial charge in [0.2, 0.25) is 15.9 Å². The van der Waals surface area contributed by atoms with Crippen molar-refractivity contribution in [1.82, 2.24) is 9.62 Å². The Hall–Kier alpha value is -3.11. The van der Waals surface area contributed by atoms with Crippen molar-refractivity contribution >= 4 is 27.5 Å². The average molecular weight is 460 g/mol. The summed E-state index contributed by atoms with van der Waals surface area (Å²) < 4.78 is 37.7. The van der Waals surface area contributed by atoms with Crippen LogP contribution in [-0.4, -0.2) is 57.9 Å². The van der Waals surface area contributed by atoms with Gasteiger partial charge in [-0.2, -0.15) is 4.31 Å². The molecule has 2 aliphatic heterocycles. The van der Waals surface area contributed by atoms with Crippen LogP contribution < -0.4 is 19.7 Å². The standard InChI is InChI=1S/C22H25N3O6S/c1-30-17-6-4-16(5-7-17)13-23-21(26)14-25-19-9-8-18(12-20(19)31-15-22(25)27)32(28,29)24-10-2-3-11-24/h4-9,12H,2-3,10-11,13-15H2,1H3,(H,23,26). The molecule has 0 saturated carbocycles. The predicted molar refractivity (Wildman–Crippen MR) is 117 cm³/mol. The Balaban J connectivity index is 1.45. The molecule has 9 nitrogen and oxygen atoms in total. The van der Waals surface area contributed by atoms with E-state index in [2.05, 4.69) is 5.32 Å². The van der Waals surface area contributed by atoms with Crippen molar-refractivity contribution in [1.29, 1.82) is 0 Å². The van der Waals surface area contributed by atoms with Crippen molar-refractivity contribution in [2.75, 3.05) is 38.3 Å². The van der Waals surface area contributed by atoms with Crippen LogP contribution in [0.1, 0.15) is 18.4 Å². The van der Waals surface area contributed by atoms with Gasteiger partial charge in [-0.25, -0.2) is 8.42 Å². The number of hydrogen-bond acceptors (Lipinski definition) is 6. The van der Waals surface area contributed by atoms with E-state index in [-0.39, 0.29) is 35.6 Å². The van der Waals surface area contributed by atoms with Crippen LogP contribution in [0.4, 0.5) is 5.69 Å². The number of rotatable bonds is 7. The molecule has 2 aliphatic rings. The lowest BCUT2D eigenvalue weighted by Gasteiger charge is -2.29. The smallest absolute Gasteiger partial charge is 0.265 e. The van der Waals surface area contributed by atoms with Gasteiger partial charge in [0.15, 0.2) is 6.61 Å². The van der Waals surface area contributed by atoms with Crippen molar-refractivity contribution < 1.29 is 27.5 Å². The summed E-state index contributed by atoms with van der Waals surface area (Å²) in [4.78, 5) is 26.3. The molecule has 10 heteroatoms. The van der Waals surface area contributed by atoms with E-state index in [4.69, 9.17) is 9.47 Å². The van der Waals surface area contributed by atoms with Crippen molar-refractivity contribution in [2.45, 2.75) is 24.3 Å². The number of carbonyl (C=O) groups is 2. The van der Waals surface area contributed by atoms with Gasteiger partial charge in [0, 0.05) is 25.7 Å². The molecule has 0 aliphatic carbocycles. The molecule has 0 unspecified atom stereocenters. The Morgan fingerprint density at radius 1 is 1.12 bits per heavy atom. The third kappa shape index (κ3) is 4.56. The molecule has 1 N–H and O–H groups in total. The average Bonchev–Trinajstić information content (AvgIpc) is 3.35. The summed E-state index contributed by atoms with van der Waals surface area (Å²) in [7, 11) is -2.03. The normalized spacial score (nSPS) is 16.4. The molecule has 0 aromatic heterocycles. The highest BCUT2D eigenvalue weighted by Crippen LogP contribution is 2.35. The van der Waals surface area contributed by atoms with Gasteiger partial charge in [-0.15, -0.1) is 0 Å². The lowest BCUT2D eigenvalue weighted by molar-refractivity contribution is -0.125. The van der Waals surface area contributed by atoms with Gasteiger partial charge in [-0.3, -0.25) is 14.5 Å². The minimum atomic E-state index is -3.61. The minimum Gasteiger partial charge on any atom is -0.497 e. The molecule has 1 saturated heterocycles. The van der Waals surface area contributed by atoms with Gasteiger partial charge in [-0.1, -0.05) is 12.1 Å². The third-order valence-electron chi connectivity index (χ3n) is 5.53. The van der Waals surface area contributed by atoms with Gasteiger partial charge in [0.05, 0.1) is 17.7 Å². The fourth-order valence-corrected chi connectivity index (χ4v) is 5.27. The molecule has 0 bridgehead atoms. The highest BCUT2D eigenvalue weighted by atomic mass is 32.2. The van der Waals surface area contributed by atoms with E-state index in [1.807, 2.05) is 12.1 Å². The highest BCUT2D eigenvalue weighted by Gasteiger charge is 2.31. The van der Waals surface area contributed by atoms with Gasteiger partial charge in [0.1, 0.15) is 18.0 Å². The SMILES string of the molecule is COc1ccc(CNC(=O)CN2C(=O)COc3cc(S(=O)(=O)N4CCCC4)ccc32)cc1. The summed E-state index contributed by atoms with van der Waals surface area (Å²) in [6, 6.07) is 11.7. The number of nitrogens with zero attached hydrogens (tertiary/aromatic N) is 2. The van der Waals surface area contributed by atoms with Gasteiger partial charge in [0.25, 0.3) is 5.91 Å². The van der Waals surface area contributed by atoms with Crippen LogP contribution in [0.3, 0.4) is 0 Å². The van der Waals surface area contributed by atoms with Gasteiger partial charge >= 0.3 is 0 Å². The number of ether oxygens (including phenoxy) is 2. The summed E-state index contributed by atoms with van der Waals surface area (Å²) in [5.74, 6) is 0.289. The molecule has 2 amide bonds. The Labute approximate surface area is 187 Å². The van der Waals surface area contributed by atoms with Crippen molar-refractivity contribution in [3.05, 3.63) is 48.0 Å². The number of nitrogens with one attached hydrogen (secondary N) is 1. The first-order valence-corrected chi connectivity index (χ1v) is 11.8. The summed E-state index contributed by atoms with van der Waals surface area (Å²) in [6.45, 7) is 0.856. The Bertz CT molecular complexity index is 1110. The maximum absolute atomic E-state index is 12.8. The maximum atomic E-state index is 12.8. The fraction of sp³-hybridized carbons (Fsp3) is 0.364. The van der Waals surface area contributed by atoms with Gasteiger partial charge in [-0.05, 0) is 42.7 Å². The molecule has 0 atom stereocenters. The van der Waals surface area contributed by atoms with Crippen LogP contribution in [0.25, 0.3) is 0 Å². The van der Waals surface area contributed by atoms with E-state index in [1.165, 1.54) is 27.4 Å². The second-order valence-electron chi connectivity index (χ2n) is 7.63. The zero-order chi connectivity index (χ0) is 22.7. The van der Waals surface area contributed by atoms with Crippen LogP contribution in [0.5, 0.6) is 11.5 Å². The van der Waals surface area contributed by atoms with E-state index in [1.54, 1.807) is 19.2 Å². The zero-order valence-electron chi connectivity index (χ0n) is 17.7. The molecule has 0 radical (unpaired) electrons. The molecular weight excluding hydrogens is 434 g/mol. The molecule has 2 aromatic rings. The molecule has 170 valence electrons. The molecule has 0 spiro atoms. The lowest BCUT2D eigenvalue weighted by atomic mass is 10.2. The van der Waals surface area contributed by atoms with Crippen LogP contribution in [0.2, 0.25) is 0 Å². The van der Waals surface area contributed by atoms with Crippen molar-refractivity contribution in [3.63, 3.8) is 0 Å². The number of methoxy groups -OCH3 is 1. The Kier molecular flexibility index (Phi) is 6.33. The molecule has 2 heterocycles. The molecular formula is C22H25N3O6S. The summed E-state index contributed by atoms with van der Waals surface area (Å²) in [5.41, 5.74) is 1.27. The number of sulfonamides is 1. The number of carbonyl (C=O) groups excluding carboxylic acids is 2. The second kappa shape index (κ2) is 9.17. The monoisotopic (exact) mass is 459 g/mol. The first-order chi connectivity index (χ1) is 15.4. The summed E-state index contributed by atoms with van der Waals surface area (Å²) in [5, 5.41) is 2.79. The quantitative estimate of drug-likeness (QED) is 0.673.